The van der Waals surface area contributed by atoms with Crippen molar-refractivity contribution in [3.8, 4) is 0 Å². The van der Waals surface area contributed by atoms with Gasteiger partial charge in [0, 0.05) is 0 Å². The first kappa shape index (κ1) is 19.4. The van der Waals surface area contributed by atoms with E-state index in [1.165, 1.54) is 6.92 Å². The smallest absolute Gasteiger partial charge is 0.251 e. The number of hydrogen-bond donors (Lipinski definition) is 0. The average Bonchev–Trinajstić information content (AvgIpc) is 1.96. The number of hydrogen-bond acceptors (Lipinski definition) is 1. The second-order valence-corrected chi connectivity index (χ2v) is 2.72. The Balaban J connectivity index is 0. The predicted octanol–water partition coefficient (Wildman–Crippen LogP) is 4.60. The quantitative estimate of drug-likeness (QED) is 0.688. The van der Waals surface area contributed by atoms with Crippen molar-refractivity contribution in [2.75, 3.05) is 6.67 Å². The number of rotatable bonds is 4. The molecule has 0 bridgehead atoms. The van der Waals surface area contributed by atoms with Gasteiger partial charge in [-0.15, -0.1) is 0 Å². The zero-order valence-electron chi connectivity index (χ0n) is 8.93. The summed E-state index contributed by atoms with van der Waals surface area (Å²) in [7, 11) is 0. The minimum absolute atomic E-state index is 0.250. The van der Waals surface area contributed by atoms with Crippen molar-refractivity contribution in [2.24, 2.45) is 0 Å². The van der Waals surface area contributed by atoms with Crippen LogP contribution in [0.3, 0.4) is 0 Å². The first-order valence-electron chi connectivity index (χ1n) is 4.21. The third-order valence-corrected chi connectivity index (χ3v) is 1.000. The van der Waals surface area contributed by atoms with Gasteiger partial charge in [-0.2, -0.15) is 30.7 Å². The van der Waals surface area contributed by atoms with E-state index in [0.717, 1.165) is 0 Å². The van der Waals surface area contributed by atoms with Gasteiger partial charge < -0.3 is 0 Å². The fraction of sp³-hybridized carbons (Fsp3) is 0.750. The van der Waals surface area contributed by atoms with Crippen LogP contribution >= 0.6 is 0 Å². The molecule has 0 heterocycles. The maximum Gasteiger partial charge on any atom is 0.413 e. The molecule has 0 spiro atoms. The van der Waals surface area contributed by atoms with Gasteiger partial charge in [0.25, 0.3) is 0 Å². The molecule has 0 aliphatic rings. The van der Waals surface area contributed by atoms with Crippen molar-refractivity contribution in [3.05, 3.63) is 12.4 Å². The van der Waals surface area contributed by atoms with Gasteiger partial charge >= 0.3 is 18.4 Å². The maximum absolute atomic E-state index is 12.1. The van der Waals surface area contributed by atoms with Crippen LogP contribution in [0.25, 0.3) is 0 Å². The SMILES string of the molecule is C=C(F)C(F)(F)OC(F)(F)CC(F)(F)F.CCF. The van der Waals surface area contributed by atoms with Gasteiger partial charge in [-0.3, -0.25) is 4.39 Å². The minimum atomic E-state index is -5.42. The Hall–Kier alpha value is -0.930. The van der Waals surface area contributed by atoms with Crippen LogP contribution in [0.2, 0.25) is 0 Å². The van der Waals surface area contributed by atoms with Gasteiger partial charge in [-0.1, -0.05) is 6.58 Å². The summed E-state index contributed by atoms with van der Waals surface area (Å²) in [5.41, 5.74) is 0. The van der Waals surface area contributed by atoms with Crippen LogP contribution < -0.4 is 0 Å². The summed E-state index contributed by atoms with van der Waals surface area (Å²) in [4.78, 5) is 0. The van der Waals surface area contributed by atoms with E-state index in [0.29, 0.717) is 0 Å². The van der Waals surface area contributed by atoms with Gasteiger partial charge in [-0.05, 0) is 6.92 Å². The zero-order chi connectivity index (χ0) is 15.2. The lowest BCUT2D eigenvalue weighted by Crippen LogP contribution is -2.36. The summed E-state index contributed by atoms with van der Waals surface area (Å²) in [5, 5.41) is 0. The maximum atomic E-state index is 12.1. The Kier molecular flexibility index (Phi) is 7.39. The molecule has 1 nitrogen and oxygen atoms in total. The fourth-order valence-electron chi connectivity index (χ4n) is 0.512. The van der Waals surface area contributed by atoms with Crippen LogP contribution in [0.15, 0.2) is 12.4 Å². The molecule has 18 heavy (non-hydrogen) atoms. The van der Waals surface area contributed by atoms with Crippen LogP contribution in [0.5, 0.6) is 0 Å². The van der Waals surface area contributed by atoms with E-state index in [4.69, 9.17) is 0 Å². The molecular formula is C8H9F9O. The van der Waals surface area contributed by atoms with Gasteiger partial charge in [0.05, 0.1) is 6.67 Å². The normalized spacial score (nSPS) is 12.8. The standard InChI is InChI=1S/C6H4F8O.C2H5F/c1-3(7)6(13,14)15-5(11,12)2-4(8,9)10;1-2-3/h1-2H2;2H2,1H3. The molecule has 0 saturated carbocycles. The van der Waals surface area contributed by atoms with Crippen molar-refractivity contribution < 1.29 is 44.3 Å². The molecule has 0 aromatic rings. The first-order valence-corrected chi connectivity index (χ1v) is 4.21. The molecule has 0 saturated heterocycles. The van der Waals surface area contributed by atoms with E-state index >= 15 is 0 Å². The summed E-state index contributed by atoms with van der Waals surface area (Å²) in [6.45, 7) is 3.16. The van der Waals surface area contributed by atoms with Gasteiger partial charge in [0.15, 0.2) is 5.83 Å². The number of halogens is 9. The largest absolute Gasteiger partial charge is 0.413 e. The molecule has 0 aliphatic carbocycles. The second kappa shape index (κ2) is 6.86. The lowest BCUT2D eigenvalue weighted by atomic mass is 10.4. The third kappa shape index (κ3) is 10.2. The van der Waals surface area contributed by atoms with Crippen molar-refractivity contribution in [1.29, 1.82) is 0 Å². The van der Waals surface area contributed by atoms with Crippen LogP contribution in [-0.4, -0.2) is 25.1 Å². The van der Waals surface area contributed by atoms with Gasteiger partial charge in [0.1, 0.15) is 6.42 Å². The summed E-state index contributed by atoms with van der Waals surface area (Å²) < 4.78 is 107. The highest BCUT2D eigenvalue weighted by molar-refractivity contribution is 4.91. The van der Waals surface area contributed by atoms with Crippen molar-refractivity contribution in [2.45, 2.75) is 31.7 Å². The second-order valence-electron chi connectivity index (χ2n) is 2.72. The lowest BCUT2D eigenvalue weighted by Gasteiger charge is -2.22. The summed E-state index contributed by atoms with van der Waals surface area (Å²) in [5.74, 6) is -2.61. The Morgan fingerprint density at radius 3 is 1.61 bits per heavy atom. The molecular weight excluding hydrogens is 283 g/mol. The summed E-state index contributed by atoms with van der Waals surface area (Å²) >= 11 is 0. The van der Waals surface area contributed by atoms with Crippen molar-refractivity contribution >= 4 is 0 Å². The van der Waals surface area contributed by atoms with E-state index in [9.17, 15) is 39.5 Å². The average molecular weight is 292 g/mol. The monoisotopic (exact) mass is 292 g/mol. The molecule has 110 valence electrons. The lowest BCUT2D eigenvalue weighted by molar-refractivity contribution is -0.383. The van der Waals surface area contributed by atoms with Crippen LogP contribution in [0, 0.1) is 0 Å². The topological polar surface area (TPSA) is 9.23 Å². The fourth-order valence-corrected chi connectivity index (χ4v) is 0.512. The van der Waals surface area contributed by atoms with E-state index in [-0.39, 0.29) is 6.67 Å². The molecule has 0 amide bonds. The molecule has 0 unspecified atom stereocenters. The van der Waals surface area contributed by atoms with E-state index < -0.39 is 30.6 Å². The Morgan fingerprint density at radius 1 is 1.06 bits per heavy atom. The van der Waals surface area contributed by atoms with E-state index in [1.807, 2.05) is 6.58 Å². The van der Waals surface area contributed by atoms with E-state index in [2.05, 4.69) is 4.74 Å². The Morgan fingerprint density at radius 2 is 1.39 bits per heavy atom. The molecule has 0 N–H and O–H groups in total. The molecule has 0 radical (unpaired) electrons. The highest BCUT2D eigenvalue weighted by Gasteiger charge is 2.52. The van der Waals surface area contributed by atoms with Gasteiger partial charge in [0.2, 0.25) is 0 Å². The first-order chi connectivity index (χ1) is 7.77. The summed E-state index contributed by atoms with van der Waals surface area (Å²) in [6, 6.07) is 0. The highest BCUT2D eigenvalue weighted by atomic mass is 19.4. The Labute approximate surface area is 96.2 Å². The minimum Gasteiger partial charge on any atom is -0.251 e. The van der Waals surface area contributed by atoms with E-state index in [1.54, 1.807) is 0 Å². The van der Waals surface area contributed by atoms with Crippen LogP contribution in [0.4, 0.5) is 39.5 Å². The van der Waals surface area contributed by atoms with Crippen LogP contribution in [0.1, 0.15) is 13.3 Å². The van der Waals surface area contributed by atoms with Crippen molar-refractivity contribution in [3.63, 3.8) is 0 Å². The molecule has 0 aromatic heterocycles. The number of alkyl halides is 8. The molecule has 0 aliphatic heterocycles. The molecule has 0 aromatic carbocycles. The summed E-state index contributed by atoms with van der Waals surface area (Å²) in [6.07, 6.45) is -18.7. The Bertz CT molecular complexity index is 258. The molecule has 0 atom stereocenters. The van der Waals surface area contributed by atoms with Crippen molar-refractivity contribution in [1.82, 2.24) is 0 Å². The highest BCUT2D eigenvalue weighted by Crippen LogP contribution is 2.38. The van der Waals surface area contributed by atoms with Crippen LogP contribution in [-0.2, 0) is 4.74 Å². The predicted molar refractivity (Wildman–Crippen MR) is 43.5 cm³/mol. The van der Waals surface area contributed by atoms with Gasteiger partial charge in [-0.25, -0.2) is 9.13 Å². The molecule has 0 rings (SSSR count). The number of ether oxygens (including phenoxy) is 1. The third-order valence-electron chi connectivity index (χ3n) is 1.000. The zero-order valence-corrected chi connectivity index (χ0v) is 8.93. The molecule has 10 heteroatoms. The molecule has 0 fully saturated rings.